The highest BCUT2D eigenvalue weighted by Gasteiger charge is 2.24. The lowest BCUT2D eigenvalue weighted by Gasteiger charge is -2.09. The Kier molecular flexibility index (Phi) is 6.22. The fourth-order valence-corrected chi connectivity index (χ4v) is 2.24. The van der Waals surface area contributed by atoms with E-state index in [1.165, 1.54) is 0 Å². The van der Waals surface area contributed by atoms with E-state index in [2.05, 4.69) is 6.58 Å². The zero-order valence-electron chi connectivity index (χ0n) is 12.9. The standard InChI is InChI=1S/C18H22O4/c1-3-4-5-15-12-17(22-18(15)19)10-11-21-13-14-6-8-16(20-2)9-7-14/h3,6-9,12,17H,1,4-5,10-11,13H2,2H3. The summed E-state index contributed by atoms with van der Waals surface area (Å²) in [5.41, 5.74) is 1.84. The molecule has 1 atom stereocenters. The normalized spacial score (nSPS) is 17.0. The third-order valence-electron chi connectivity index (χ3n) is 3.50. The Balaban J connectivity index is 1.69. The molecule has 1 aliphatic heterocycles. The van der Waals surface area contributed by atoms with Crippen LogP contribution in [0.15, 0.2) is 48.6 Å². The molecular weight excluding hydrogens is 280 g/mol. The molecule has 1 heterocycles. The predicted molar refractivity (Wildman–Crippen MR) is 84.7 cm³/mol. The van der Waals surface area contributed by atoms with Crippen LogP contribution in [-0.4, -0.2) is 25.8 Å². The summed E-state index contributed by atoms with van der Waals surface area (Å²) in [7, 11) is 1.64. The Morgan fingerprint density at radius 3 is 2.77 bits per heavy atom. The van der Waals surface area contributed by atoms with Gasteiger partial charge in [-0.15, -0.1) is 6.58 Å². The number of carbonyl (C=O) groups is 1. The van der Waals surface area contributed by atoms with E-state index in [1.54, 1.807) is 13.2 Å². The van der Waals surface area contributed by atoms with Crippen molar-refractivity contribution >= 4 is 5.97 Å². The van der Waals surface area contributed by atoms with E-state index in [-0.39, 0.29) is 12.1 Å². The molecule has 0 aromatic heterocycles. The third kappa shape index (κ3) is 4.74. The number of esters is 1. The average molecular weight is 302 g/mol. The van der Waals surface area contributed by atoms with Crippen LogP contribution >= 0.6 is 0 Å². The summed E-state index contributed by atoms with van der Waals surface area (Å²) in [6.07, 6.45) is 5.72. The van der Waals surface area contributed by atoms with Crippen molar-refractivity contribution < 1.29 is 19.0 Å². The second-order valence-corrected chi connectivity index (χ2v) is 5.15. The number of cyclic esters (lactones) is 1. The number of hydrogen-bond acceptors (Lipinski definition) is 4. The Morgan fingerprint density at radius 2 is 2.09 bits per heavy atom. The quantitative estimate of drug-likeness (QED) is 0.398. The van der Waals surface area contributed by atoms with Gasteiger partial charge in [-0.25, -0.2) is 4.79 Å². The van der Waals surface area contributed by atoms with Crippen LogP contribution < -0.4 is 4.74 Å². The number of benzene rings is 1. The molecule has 0 spiro atoms. The number of hydrogen-bond donors (Lipinski definition) is 0. The largest absolute Gasteiger partial charge is 0.497 e. The van der Waals surface area contributed by atoms with Gasteiger partial charge in [0.2, 0.25) is 0 Å². The topological polar surface area (TPSA) is 44.8 Å². The van der Waals surface area contributed by atoms with Crippen LogP contribution in [0.2, 0.25) is 0 Å². The number of carbonyl (C=O) groups excluding carboxylic acids is 1. The molecule has 0 saturated heterocycles. The van der Waals surface area contributed by atoms with Gasteiger partial charge in [-0.05, 0) is 36.6 Å². The van der Waals surface area contributed by atoms with E-state index in [4.69, 9.17) is 14.2 Å². The van der Waals surface area contributed by atoms with Gasteiger partial charge in [0.25, 0.3) is 0 Å². The zero-order valence-corrected chi connectivity index (χ0v) is 12.9. The van der Waals surface area contributed by atoms with Crippen LogP contribution in [0.25, 0.3) is 0 Å². The van der Waals surface area contributed by atoms with Gasteiger partial charge in [-0.2, -0.15) is 0 Å². The SMILES string of the molecule is C=CCCC1=CC(CCOCc2ccc(OC)cc2)OC1=O. The summed E-state index contributed by atoms with van der Waals surface area (Å²) in [6.45, 7) is 4.75. The van der Waals surface area contributed by atoms with Gasteiger partial charge in [-0.3, -0.25) is 0 Å². The minimum Gasteiger partial charge on any atom is -0.497 e. The molecule has 2 rings (SSSR count). The monoisotopic (exact) mass is 302 g/mol. The zero-order chi connectivity index (χ0) is 15.8. The van der Waals surface area contributed by atoms with Crippen molar-refractivity contribution in [2.24, 2.45) is 0 Å². The molecule has 0 saturated carbocycles. The van der Waals surface area contributed by atoms with Crippen molar-refractivity contribution in [1.82, 2.24) is 0 Å². The Bertz CT molecular complexity index is 531. The Labute approximate surface area is 131 Å². The second kappa shape index (κ2) is 8.39. The minimum absolute atomic E-state index is 0.164. The molecule has 1 aromatic rings. The first-order valence-electron chi connectivity index (χ1n) is 7.46. The van der Waals surface area contributed by atoms with E-state index in [0.29, 0.717) is 26.1 Å². The van der Waals surface area contributed by atoms with E-state index in [1.807, 2.05) is 30.3 Å². The van der Waals surface area contributed by atoms with Crippen molar-refractivity contribution in [2.75, 3.05) is 13.7 Å². The lowest BCUT2D eigenvalue weighted by Crippen LogP contribution is -2.11. The molecule has 0 aliphatic carbocycles. The van der Waals surface area contributed by atoms with Crippen LogP contribution in [0.3, 0.4) is 0 Å². The van der Waals surface area contributed by atoms with Crippen molar-refractivity contribution in [3.8, 4) is 5.75 Å². The molecule has 0 bridgehead atoms. The van der Waals surface area contributed by atoms with Crippen molar-refractivity contribution in [3.63, 3.8) is 0 Å². The molecule has 1 aliphatic rings. The number of rotatable bonds is 9. The molecule has 0 fully saturated rings. The molecule has 1 aromatic carbocycles. The number of ether oxygens (including phenoxy) is 3. The highest BCUT2D eigenvalue weighted by Crippen LogP contribution is 2.20. The van der Waals surface area contributed by atoms with Crippen LogP contribution in [-0.2, 0) is 20.9 Å². The van der Waals surface area contributed by atoms with Crippen molar-refractivity contribution in [3.05, 3.63) is 54.1 Å². The maximum Gasteiger partial charge on any atom is 0.334 e. The van der Waals surface area contributed by atoms with Gasteiger partial charge in [0.1, 0.15) is 11.9 Å². The van der Waals surface area contributed by atoms with Gasteiger partial charge in [0.05, 0.1) is 20.3 Å². The highest BCUT2D eigenvalue weighted by atomic mass is 16.5. The summed E-state index contributed by atoms with van der Waals surface area (Å²) in [5.74, 6) is 0.626. The molecule has 118 valence electrons. The first-order valence-corrected chi connectivity index (χ1v) is 7.46. The van der Waals surface area contributed by atoms with Crippen molar-refractivity contribution in [1.29, 1.82) is 0 Å². The van der Waals surface area contributed by atoms with Gasteiger partial charge >= 0.3 is 5.97 Å². The lowest BCUT2D eigenvalue weighted by atomic mass is 10.1. The van der Waals surface area contributed by atoms with Gasteiger partial charge in [-0.1, -0.05) is 18.2 Å². The summed E-state index contributed by atoms with van der Waals surface area (Å²) in [4.78, 5) is 11.6. The smallest absolute Gasteiger partial charge is 0.334 e. The van der Waals surface area contributed by atoms with Gasteiger partial charge in [0, 0.05) is 12.0 Å². The molecule has 1 unspecified atom stereocenters. The molecule has 0 radical (unpaired) electrons. The maximum atomic E-state index is 11.6. The first-order chi connectivity index (χ1) is 10.7. The fraction of sp³-hybridized carbons (Fsp3) is 0.389. The molecular formula is C18H22O4. The minimum atomic E-state index is -0.206. The maximum absolute atomic E-state index is 11.6. The van der Waals surface area contributed by atoms with E-state index < -0.39 is 0 Å². The Hall–Kier alpha value is -2.07. The van der Waals surface area contributed by atoms with E-state index >= 15 is 0 Å². The first kappa shape index (κ1) is 16.3. The summed E-state index contributed by atoms with van der Waals surface area (Å²) in [5, 5.41) is 0. The van der Waals surface area contributed by atoms with Gasteiger partial charge < -0.3 is 14.2 Å². The lowest BCUT2D eigenvalue weighted by molar-refractivity contribution is -0.140. The molecule has 0 N–H and O–H groups in total. The summed E-state index contributed by atoms with van der Waals surface area (Å²) >= 11 is 0. The van der Waals surface area contributed by atoms with Crippen molar-refractivity contribution in [2.45, 2.75) is 32.0 Å². The molecule has 4 nitrogen and oxygen atoms in total. The predicted octanol–water partition coefficient (Wildman–Crippen LogP) is 3.42. The molecule has 0 amide bonds. The average Bonchev–Trinajstić information content (AvgIpc) is 2.90. The summed E-state index contributed by atoms with van der Waals surface area (Å²) < 4.78 is 16.0. The number of methoxy groups -OCH3 is 1. The summed E-state index contributed by atoms with van der Waals surface area (Å²) in [6, 6.07) is 7.77. The fourth-order valence-electron chi connectivity index (χ4n) is 2.24. The molecule has 22 heavy (non-hydrogen) atoms. The van der Waals surface area contributed by atoms with Crippen LogP contribution in [0.1, 0.15) is 24.8 Å². The second-order valence-electron chi connectivity index (χ2n) is 5.15. The third-order valence-corrected chi connectivity index (χ3v) is 3.50. The highest BCUT2D eigenvalue weighted by molar-refractivity contribution is 5.90. The van der Waals surface area contributed by atoms with Gasteiger partial charge in [0.15, 0.2) is 0 Å². The number of allylic oxidation sites excluding steroid dienone is 1. The van der Waals surface area contributed by atoms with E-state index in [9.17, 15) is 4.79 Å². The Morgan fingerprint density at radius 1 is 1.32 bits per heavy atom. The van der Waals surface area contributed by atoms with E-state index in [0.717, 1.165) is 23.3 Å². The van der Waals surface area contributed by atoms with Crippen LogP contribution in [0, 0.1) is 0 Å². The van der Waals surface area contributed by atoms with Crippen LogP contribution in [0.5, 0.6) is 5.75 Å². The van der Waals surface area contributed by atoms with Crippen LogP contribution in [0.4, 0.5) is 0 Å². The molecule has 4 heteroatoms.